The van der Waals surface area contributed by atoms with Gasteiger partial charge in [-0.25, -0.2) is 0 Å². The van der Waals surface area contributed by atoms with E-state index in [4.69, 9.17) is 4.74 Å². The van der Waals surface area contributed by atoms with E-state index in [0.717, 1.165) is 16.7 Å². The number of carbonyl (C=O) groups excluding carboxylic acids is 1. The first-order chi connectivity index (χ1) is 11.1. The number of amides is 1. The Morgan fingerprint density at radius 2 is 2.13 bits per heavy atom. The molecular weight excluding hydrogens is 288 g/mol. The molecule has 4 heteroatoms. The molecule has 0 radical (unpaired) electrons. The van der Waals surface area contributed by atoms with Crippen molar-refractivity contribution in [3.63, 3.8) is 0 Å². The molecule has 0 aliphatic carbocycles. The number of fused-ring (bicyclic) bond motifs is 1. The predicted molar refractivity (Wildman–Crippen MR) is 95.0 cm³/mol. The van der Waals surface area contributed by atoms with E-state index in [9.17, 15) is 4.79 Å². The van der Waals surface area contributed by atoms with E-state index in [0.29, 0.717) is 31.3 Å². The third kappa shape index (κ3) is 3.83. The maximum atomic E-state index is 12.5. The number of hydrogen-bond acceptors (Lipinski definition) is 2. The minimum Gasteiger partial charge on any atom is -0.489 e. The van der Waals surface area contributed by atoms with Gasteiger partial charge in [-0.3, -0.25) is 4.79 Å². The highest BCUT2D eigenvalue weighted by Gasteiger charge is 2.17. The van der Waals surface area contributed by atoms with Crippen LogP contribution in [-0.2, 0) is 6.54 Å². The zero-order valence-corrected chi connectivity index (χ0v) is 13.8. The predicted octanol–water partition coefficient (Wildman–Crippen LogP) is 3.78. The number of hydrogen-bond donors (Lipinski definition) is 1. The van der Waals surface area contributed by atoms with Crippen LogP contribution in [0.1, 0.15) is 24.3 Å². The lowest BCUT2D eigenvalue weighted by atomic mass is 10.2. The van der Waals surface area contributed by atoms with Crippen LogP contribution in [0.4, 0.5) is 0 Å². The smallest absolute Gasteiger partial charge is 0.267 e. The summed E-state index contributed by atoms with van der Waals surface area (Å²) in [5, 5.41) is 3.89. The van der Waals surface area contributed by atoms with Crippen LogP contribution < -0.4 is 10.1 Å². The monoisotopic (exact) mass is 312 g/mol. The van der Waals surface area contributed by atoms with Crippen LogP contribution in [0.5, 0.6) is 5.75 Å². The Hall–Kier alpha value is -2.49. The molecule has 2 rings (SSSR count). The van der Waals surface area contributed by atoms with Crippen molar-refractivity contribution in [2.75, 3.05) is 13.2 Å². The van der Waals surface area contributed by atoms with Crippen LogP contribution in [0.3, 0.4) is 0 Å². The number of aromatic nitrogens is 1. The molecule has 23 heavy (non-hydrogen) atoms. The summed E-state index contributed by atoms with van der Waals surface area (Å²) in [5.41, 5.74) is 1.58. The number of allylic oxidation sites excluding steroid dienone is 1. The second kappa shape index (κ2) is 7.68. The van der Waals surface area contributed by atoms with Gasteiger partial charge in [-0.2, -0.15) is 0 Å². The van der Waals surface area contributed by atoms with Gasteiger partial charge in [0.25, 0.3) is 5.91 Å². The summed E-state index contributed by atoms with van der Waals surface area (Å²) in [6.45, 7) is 13.2. The van der Waals surface area contributed by atoms with E-state index >= 15 is 0 Å². The molecule has 1 N–H and O–H groups in total. The summed E-state index contributed by atoms with van der Waals surface area (Å²) in [6.07, 6.45) is 3.49. The molecule has 1 aromatic carbocycles. The lowest BCUT2D eigenvalue weighted by Crippen LogP contribution is -2.29. The summed E-state index contributed by atoms with van der Waals surface area (Å²) in [6, 6.07) is 7.70. The average Bonchev–Trinajstić information content (AvgIpc) is 2.90. The Kier molecular flexibility index (Phi) is 5.63. The van der Waals surface area contributed by atoms with E-state index in [-0.39, 0.29) is 5.91 Å². The maximum Gasteiger partial charge on any atom is 0.267 e. The molecular formula is C19H24N2O2. The summed E-state index contributed by atoms with van der Waals surface area (Å²) < 4.78 is 7.66. The van der Waals surface area contributed by atoms with E-state index in [2.05, 4.69) is 32.3 Å². The molecule has 0 bridgehead atoms. The first-order valence-electron chi connectivity index (χ1n) is 7.83. The van der Waals surface area contributed by atoms with Crippen molar-refractivity contribution in [1.82, 2.24) is 9.88 Å². The van der Waals surface area contributed by atoms with Crippen LogP contribution in [0.15, 0.2) is 49.6 Å². The van der Waals surface area contributed by atoms with Gasteiger partial charge < -0.3 is 14.6 Å². The van der Waals surface area contributed by atoms with Crippen LogP contribution in [0.2, 0.25) is 0 Å². The Labute approximate surface area is 137 Å². The van der Waals surface area contributed by atoms with Crippen LogP contribution in [0, 0.1) is 5.92 Å². The molecule has 0 fully saturated rings. The van der Waals surface area contributed by atoms with Gasteiger partial charge in [-0.05, 0) is 24.1 Å². The standard InChI is InChI=1S/C19H24N2O2/c1-5-10-21-16-8-7-9-18(23-11-6-2)15(16)12-17(21)19(22)20-13-14(3)4/h5-9,12,14H,1-2,10-11,13H2,3-4H3,(H,20,22). The second-order valence-electron chi connectivity index (χ2n) is 5.82. The lowest BCUT2D eigenvalue weighted by Gasteiger charge is -2.10. The topological polar surface area (TPSA) is 43.3 Å². The van der Waals surface area contributed by atoms with Crippen LogP contribution >= 0.6 is 0 Å². The van der Waals surface area contributed by atoms with Crippen molar-refractivity contribution in [3.8, 4) is 5.75 Å². The number of nitrogens with zero attached hydrogens (tertiary/aromatic N) is 1. The molecule has 0 spiro atoms. The van der Waals surface area contributed by atoms with Gasteiger partial charge in [-0.1, -0.05) is 38.6 Å². The zero-order valence-electron chi connectivity index (χ0n) is 13.8. The molecule has 1 heterocycles. The quantitative estimate of drug-likeness (QED) is 0.754. The molecule has 4 nitrogen and oxygen atoms in total. The first kappa shape index (κ1) is 16.9. The van der Waals surface area contributed by atoms with Gasteiger partial charge in [0.15, 0.2) is 0 Å². The van der Waals surface area contributed by atoms with E-state index in [1.165, 1.54) is 0 Å². The van der Waals surface area contributed by atoms with Crippen molar-refractivity contribution < 1.29 is 9.53 Å². The molecule has 0 saturated heterocycles. The van der Waals surface area contributed by atoms with Crippen LogP contribution in [0.25, 0.3) is 10.9 Å². The third-order valence-corrected chi connectivity index (χ3v) is 3.48. The highest BCUT2D eigenvalue weighted by Crippen LogP contribution is 2.29. The van der Waals surface area contributed by atoms with Crippen molar-refractivity contribution in [2.24, 2.45) is 5.92 Å². The van der Waals surface area contributed by atoms with Crippen molar-refractivity contribution in [3.05, 3.63) is 55.3 Å². The minimum absolute atomic E-state index is 0.0774. The Morgan fingerprint density at radius 1 is 1.35 bits per heavy atom. The highest BCUT2D eigenvalue weighted by molar-refractivity contribution is 6.00. The second-order valence-corrected chi connectivity index (χ2v) is 5.82. The summed E-state index contributed by atoms with van der Waals surface area (Å²) in [5.74, 6) is 1.08. The normalized spacial score (nSPS) is 10.7. The number of nitrogens with one attached hydrogen (secondary N) is 1. The van der Waals surface area contributed by atoms with Gasteiger partial charge in [0.2, 0.25) is 0 Å². The highest BCUT2D eigenvalue weighted by atomic mass is 16.5. The largest absolute Gasteiger partial charge is 0.489 e. The average molecular weight is 312 g/mol. The summed E-state index contributed by atoms with van der Waals surface area (Å²) in [4.78, 5) is 12.5. The summed E-state index contributed by atoms with van der Waals surface area (Å²) in [7, 11) is 0. The van der Waals surface area contributed by atoms with Gasteiger partial charge in [0, 0.05) is 18.5 Å². The minimum atomic E-state index is -0.0774. The fraction of sp³-hybridized carbons (Fsp3) is 0.316. The number of ether oxygens (including phenoxy) is 1. The van der Waals surface area contributed by atoms with E-state index in [1.54, 1.807) is 12.2 Å². The first-order valence-corrected chi connectivity index (χ1v) is 7.83. The number of carbonyl (C=O) groups is 1. The molecule has 0 atom stereocenters. The number of benzene rings is 1. The molecule has 0 aliphatic heterocycles. The fourth-order valence-corrected chi connectivity index (χ4v) is 2.43. The Morgan fingerprint density at radius 3 is 2.78 bits per heavy atom. The van der Waals surface area contributed by atoms with Gasteiger partial charge >= 0.3 is 0 Å². The molecule has 2 aromatic rings. The summed E-state index contributed by atoms with van der Waals surface area (Å²) >= 11 is 0. The van der Waals surface area contributed by atoms with Crippen molar-refractivity contribution in [2.45, 2.75) is 20.4 Å². The van der Waals surface area contributed by atoms with Crippen LogP contribution in [-0.4, -0.2) is 23.6 Å². The Bertz CT molecular complexity index is 713. The lowest BCUT2D eigenvalue weighted by molar-refractivity contribution is 0.0940. The van der Waals surface area contributed by atoms with E-state index < -0.39 is 0 Å². The maximum absolute atomic E-state index is 12.5. The van der Waals surface area contributed by atoms with E-state index in [1.807, 2.05) is 28.8 Å². The van der Waals surface area contributed by atoms with Crippen molar-refractivity contribution in [1.29, 1.82) is 0 Å². The van der Waals surface area contributed by atoms with Crippen molar-refractivity contribution >= 4 is 16.8 Å². The molecule has 0 aliphatic rings. The van der Waals surface area contributed by atoms with Gasteiger partial charge in [-0.15, -0.1) is 6.58 Å². The fourth-order valence-electron chi connectivity index (χ4n) is 2.43. The van der Waals surface area contributed by atoms with Gasteiger partial charge in [0.05, 0.1) is 5.52 Å². The molecule has 0 saturated carbocycles. The SMILES string of the molecule is C=CCOc1cccc2c1cc(C(=O)NCC(C)C)n2CC=C. The number of rotatable bonds is 8. The Balaban J connectivity index is 2.46. The zero-order chi connectivity index (χ0) is 16.8. The molecule has 0 unspecified atom stereocenters. The molecule has 122 valence electrons. The third-order valence-electron chi connectivity index (χ3n) is 3.48. The molecule has 1 amide bonds. The van der Waals surface area contributed by atoms with Gasteiger partial charge in [0.1, 0.15) is 18.1 Å². The molecule has 1 aromatic heterocycles.